The van der Waals surface area contributed by atoms with Gasteiger partial charge in [0.25, 0.3) is 0 Å². The van der Waals surface area contributed by atoms with E-state index in [0.717, 1.165) is 12.6 Å². The molecule has 0 aromatic heterocycles. The number of rotatable bonds is 7. The molecule has 0 aliphatic rings. The predicted molar refractivity (Wildman–Crippen MR) is 89.3 cm³/mol. The van der Waals surface area contributed by atoms with Crippen LogP contribution in [0.25, 0.3) is 0 Å². The first kappa shape index (κ1) is 15.0. The summed E-state index contributed by atoms with van der Waals surface area (Å²) in [6, 6.07) is 21.3. The van der Waals surface area contributed by atoms with Crippen molar-refractivity contribution in [3.05, 3.63) is 73.3 Å². The second-order valence-electron chi connectivity index (χ2n) is 4.85. The Hall–Kier alpha value is -1.43. The van der Waals surface area contributed by atoms with Gasteiger partial charge >= 0.3 is 0 Å². The molecule has 20 heavy (non-hydrogen) atoms. The summed E-state index contributed by atoms with van der Waals surface area (Å²) < 4.78 is 0. The minimum Gasteiger partial charge on any atom is -0.396 e. The Morgan fingerprint density at radius 3 is 1.85 bits per heavy atom. The van der Waals surface area contributed by atoms with Crippen LogP contribution in [0.15, 0.2) is 73.3 Å². The van der Waals surface area contributed by atoms with Crippen molar-refractivity contribution in [2.45, 2.75) is 6.42 Å². The van der Waals surface area contributed by atoms with Gasteiger partial charge in [0.15, 0.2) is 0 Å². The highest BCUT2D eigenvalue weighted by Crippen LogP contribution is 2.36. The van der Waals surface area contributed by atoms with Gasteiger partial charge in [-0.25, -0.2) is 0 Å². The molecule has 0 heterocycles. The average molecular weight is 284 g/mol. The number of benzene rings is 2. The Morgan fingerprint density at radius 2 is 1.45 bits per heavy atom. The van der Waals surface area contributed by atoms with Crippen molar-refractivity contribution in [3.63, 3.8) is 0 Å². The number of hydrogen-bond donors (Lipinski definition) is 1. The maximum Gasteiger partial charge on any atom is 0.0465 e. The number of hydrogen-bond acceptors (Lipinski definition) is 1. The molecule has 0 aliphatic heterocycles. The van der Waals surface area contributed by atoms with Crippen molar-refractivity contribution in [2.75, 3.05) is 12.8 Å². The Kier molecular flexibility index (Phi) is 5.98. The van der Waals surface area contributed by atoms with E-state index in [0.29, 0.717) is 5.92 Å². The molecule has 0 amide bonds. The zero-order valence-electron chi connectivity index (χ0n) is 11.7. The van der Waals surface area contributed by atoms with E-state index >= 15 is 0 Å². The van der Waals surface area contributed by atoms with Crippen molar-refractivity contribution in [2.24, 2.45) is 5.92 Å². The fraction of sp³-hybridized carbons (Fsp3) is 0.222. The third-order valence-electron chi connectivity index (χ3n) is 3.33. The first-order valence-corrected chi connectivity index (χ1v) is 8.47. The summed E-state index contributed by atoms with van der Waals surface area (Å²) in [7, 11) is -0.415. The molecule has 0 saturated heterocycles. The molecule has 0 radical (unpaired) electrons. The highest BCUT2D eigenvalue weighted by molar-refractivity contribution is 7.73. The number of allylic oxidation sites excluding steroid dienone is 1. The summed E-state index contributed by atoms with van der Waals surface area (Å²) in [5.41, 5.74) is 0. The normalized spacial score (nSPS) is 12.3. The van der Waals surface area contributed by atoms with Crippen LogP contribution in [0.4, 0.5) is 0 Å². The Morgan fingerprint density at radius 1 is 0.950 bits per heavy atom. The van der Waals surface area contributed by atoms with Crippen LogP contribution in [0.2, 0.25) is 0 Å². The quantitative estimate of drug-likeness (QED) is 0.611. The summed E-state index contributed by atoms with van der Waals surface area (Å²) in [6.07, 6.45) is 3.78. The lowest BCUT2D eigenvalue weighted by atomic mass is 10.1. The van der Waals surface area contributed by atoms with Gasteiger partial charge in [0.1, 0.15) is 0 Å². The Balaban J connectivity index is 2.27. The lowest BCUT2D eigenvalue weighted by molar-refractivity contribution is 0.241. The first-order valence-electron chi connectivity index (χ1n) is 6.94. The van der Waals surface area contributed by atoms with Crippen LogP contribution >= 0.6 is 7.92 Å². The van der Waals surface area contributed by atoms with Crippen molar-refractivity contribution in [1.29, 1.82) is 0 Å². The zero-order chi connectivity index (χ0) is 14.2. The lowest BCUT2D eigenvalue weighted by Gasteiger charge is -2.23. The van der Waals surface area contributed by atoms with Gasteiger partial charge in [-0.05, 0) is 37.0 Å². The molecule has 1 nitrogen and oxygen atoms in total. The van der Waals surface area contributed by atoms with E-state index in [1.54, 1.807) is 0 Å². The van der Waals surface area contributed by atoms with Crippen LogP contribution in [-0.4, -0.2) is 17.9 Å². The molecule has 0 saturated carbocycles. The van der Waals surface area contributed by atoms with Crippen molar-refractivity contribution < 1.29 is 5.11 Å². The van der Waals surface area contributed by atoms with Crippen molar-refractivity contribution >= 4 is 18.5 Å². The van der Waals surface area contributed by atoms with Gasteiger partial charge in [-0.15, -0.1) is 6.58 Å². The standard InChI is InChI=1S/C18H21OP/c1-2-9-16(14-19)15-20(17-10-5-3-6-11-17)18-12-7-4-8-13-18/h2-8,10-13,16,19H,1,9,14-15H2/t16-/m1/s1. The van der Waals surface area contributed by atoms with E-state index in [2.05, 4.69) is 67.2 Å². The molecule has 2 aromatic carbocycles. The molecule has 1 atom stereocenters. The fourth-order valence-electron chi connectivity index (χ4n) is 2.28. The predicted octanol–water partition coefficient (Wildman–Crippen LogP) is 3.30. The number of aliphatic hydroxyl groups is 1. The molecular formula is C18H21OP. The fourth-order valence-corrected chi connectivity index (χ4v) is 4.84. The van der Waals surface area contributed by atoms with E-state index in [1.165, 1.54) is 10.6 Å². The van der Waals surface area contributed by atoms with E-state index in [4.69, 9.17) is 0 Å². The van der Waals surface area contributed by atoms with Gasteiger partial charge in [0.2, 0.25) is 0 Å². The maximum absolute atomic E-state index is 9.56. The Bertz CT molecular complexity index is 470. The van der Waals surface area contributed by atoms with Crippen LogP contribution in [0.3, 0.4) is 0 Å². The van der Waals surface area contributed by atoms with Gasteiger partial charge in [0, 0.05) is 6.61 Å². The molecule has 2 aromatic rings. The minimum absolute atomic E-state index is 0.227. The molecule has 2 rings (SSSR count). The smallest absolute Gasteiger partial charge is 0.0465 e. The summed E-state index contributed by atoms with van der Waals surface area (Å²) in [5.74, 6) is 0.291. The van der Waals surface area contributed by atoms with Crippen molar-refractivity contribution in [1.82, 2.24) is 0 Å². The van der Waals surface area contributed by atoms with Gasteiger partial charge in [-0.1, -0.05) is 66.7 Å². The third kappa shape index (κ3) is 4.03. The minimum atomic E-state index is -0.415. The van der Waals surface area contributed by atoms with Crippen LogP contribution in [0.1, 0.15) is 6.42 Å². The SMILES string of the molecule is C=CC[C@H](CO)CP(c1ccccc1)c1ccccc1. The van der Waals surface area contributed by atoms with E-state index in [9.17, 15) is 5.11 Å². The maximum atomic E-state index is 9.56. The van der Waals surface area contributed by atoms with E-state index in [-0.39, 0.29) is 6.61 Å². The Labute approximate surface area is 122 Å². The second-order valence-corrected chi connectivity index (χ2v) is 7.11. The molecule has 0 spiro atoms. The molecule has 0 fully saturated rings. The van der Waals surface area contributed by atoms with Crippen LogP contribution in [0, 0.1) is 5.92 Å². The molecule has 1 N–H and O–H groups in total. The molecule has 0 aliphatic carbocycles. The van der Waals surface area contributed by atoms with Gasteiger partial charge in [-0.3, -0.25) is 0 Å². The first-order chi connectivity index (χ1) is 9.85. The summed E-state index contributed by atoms with van der Waals surface area (Å²) in [5, 5.41) is 12.3. The van der Waals surface area contributed by atoms with Crippen LogP contribution in [-0.2, 0) is 0 Å². The largest absolute Gasteiger partial charge is 0.396 e. The second kappa shape index (κ2) is 7.99. The topological polar surface area (TPSA) is 20.2 Å². The van der Waals surface area contributed by atoms with Crippen LogP contribution in [0.5, 0.6) is 0 Å². The molecule has 0 bridgehead atoms. The monoisotopic (exact) mass is 284 g/mol. The van der Waals surface area contributed by atoms with Crippen LogP contribution < -0.4 is 10.6 Å². The molecular weight excluding hydrogens is 263 g/mol. The number of aliphatic hydroxyl groups excluding tert-OH is 1. The van der Waals surface area contributed by atoms with E-state index in [1.807, 2.05) is 6.08 Å². The molecule has 2 heteroatoms. The molecule has 104 valence electrons. The summed E-state index contributed by atoms with van der Waals surface area (Å²) >= 11 is 0. The van der Waals surface area contributed by atoms with Gasteiger partial charge < -0.3 is 5.11 Å². The van der Waals surface area contributed by atoms with Gasteiger partial charge in [0.05, 0.1) is 0 Å². The highest BCUT2D eigenvalue weighted by Gasteiger charge is 2.18. The highest BCUT2D eigenvalue weighted by atomic mass is 31.1. The average Bonchev–Trinajstić information content (AvgIpc) is 2.53. The van der Waals surface area contributed by atoms with E-state index < -0.39 is 7.92 Å². The third-order valence-corrected chi connectivity index (χ3v) is 6.06. The summed E-state index contributed by atoms with van der Waals surface area (Å²) in [4.78, 5) is 0. The molecule has 0 unspecified atom stereocenters. The van der Waals surface area contributed by atoms with Crippen molar-refractivity contribution in [3.8, 4) is 0 Å². The summed E-state index contributed by atoms with van der Waals surface area (Å²) in [6.45, 7) is 4.02. The van der Waals surface area contributed by atoms with Gasteiger partial charge in [-0.2, -0.15) is 0 Å². The zero-order valence-corrected chi connectivity index (χ0v) is 12.5. The lowest BCUT2D eigenvalue weighted by Crippen LogP contribution is -2.20.